The van der Waals surface area contributed by atoms with Crippen molar-refractivity contribution < 1.29 is 33.3 Å². The van der Waals surface area contributed by atoms with Gasteiger partial charge in [0.1, 0.15) is 0 Å². The second-order valence-electron chi connectivity index (χ2n) is 2.31. The van der Waals surface area contributed by atoms with Crippen LogP contribution in [0.3, 0.4) is 0 Å². The summed E-state index contributed by atoms with van der Waals surface area (Å²) in [6.45, 7) is 0. The second-order valence-corrected chi connectivity index (χ2v) is 2.68. The SMILES string of the molecule is COc1cc[n+](C)c(=S)n1C.[I-]. The molecule has 0 aliphatic heterocycles. The lowest BCUT2D eigenvalue weighted by Gasteiger charge is -2.00. The van der Waals surface area contributed by atoms with E-state index >= 15 is 0 Å². The molecule has 0 N–H and O–H groups in total. The lowest BCUT2D eigenvalue weighted by Crippen LogP contribution is -3.00. The summed E-state index contributed by atoms with van der Waals surface area (Å²) < 4.78 is 9.48. The van der Waals surface area contributed by atoms with Gasteiger partial charge >= 0.3 is 4.77 Å². The zero-order chi connectivity index (χ0) is 8.43. The van der Waals surface area contributed by atoms with E-state index in [0.29, 0.717) is 0 Å². The molecule has 68 valence electrons. The van der Waals surface area contributed by atoms with Crippen LogP contribution >= 0.6 is 12.2 Å². The first-order valence-electron chi connectivity index (χ1n) is 3.26. The van der Waals surface area contributed by atoms with Crippen LogP contribution in [0.4, 0.5) is 0 Å². The number of ether oxygens (including phenoxy) is 1. The summed E-state index contributed by atoms with van der Waals surface area (Å²) in [6.07, 6.45) is 1.88. The van der Waals surface area contributed by atoms with Gasteiger partial charge < -0.3 is 28.7 Å². The van der Waals surface area contributed by atoms with Gasteiger partial charge in [0.05, 0.1) is 33.5 Å². The van der Waals surface area contributed by atoms with Crippen LogP contribution in [0.15, 0.2) is 12.3 Å². The largest absolute Gasteiger partial charge is 1.00 e. The fraction of sp³-hybridized carbons (Fsp3) is 0.429. The van der Waals surface area contributed by atoms with E-state index in [0.717, 1.165) is 10.7 Å². The molecule has 0 saturated carbocycles. The molecule has 3 nitrogen and oxygen atoms in total. The van der Waals surface area contributed by atoms with Crippen LogP contribution in [0.1, 0.15) is 0 Å². The minimum atomic E-state index is 0. The Morgan fingerprint density at radius 2 is 2.17 bits per heavy atom. The van der Waals surface area contributed by atoms with Gasteiger partial charge in [0.15, 0.2) is 0 Å². The molecule has 1 rings (SSSR count). The molecular weight excluding hydrogens is 287 g/mol. The highest BCUT2D eigenvalue weighted by molar-refractivity contribution is 7.71. The molecule has 0 unspecified atom stereocenters. The summed E-state index contributed by atoms with van der Waals surface area (Å²) >= 11 is 5.09. The van der Waals surface area contributed by atoms with Crippen molar-refractivity contribution in [2.24, 2.45) is 14.1 Å². The highest BCUT2D eigenvalue weighted by atomic mass is 127. The van der Waals surface area contributed by atoms with Crippen molar-refractivity contribution in [2.45, 2.75) is 0 Å². The van der Waals surface area contributed by atoms with E-state index in [-0.39, 0.29) is 24.0 Å². The molecule has 1 heterocycles. The van der Waals surface area contributed by atoms with Crippen LogP contribution in [0.25, 0.3) is 0 Å². The highest BCUT2D eigenvalue weighted by Crippen LogP contribution is 2.04. The van der Waals surface area contributed by atoms with Gasteiger partial charge in [0, 0.05) is 12.2 Å². The Morgan fingerprint density at radius 3 is 2.67 bits per heavy atom. The van der Waals surface area contributed by atoms with Crippen LogP contribution in [0.5, 0.6) is 5.88 Å². The van der Waals surface area contributed by atoms with Crippen molar-refractivity contribution >= 4 is 12.2 Å². The third-order valence-electron chi connectivity index (χ3n) is 1.57. The molecule has 0 amide bonds. The minimum Gasteiger partial charge on any atom is -1.00 e. The molecule has 0 aliphatic carbocycles. The standard InChI is InChI=1S/C7H11N2OS.HI/c1-8-5-4-6(10-3)9(2)7(8)11;/h4-5H,1-3H3;1H/q+1;/p-1. The van der Waals surface area contributed by atoms with E-state index in [2.05, 4.69) is 0 Å². The molecule has 5 heteroatoms. The summed E-state index contributed by atoms with van der Waals surface area (Å²) in [6, 6.07) is 1.87. The molecule has 0 bridgehead atoms. The van der Waals surface area contributed by atoms with Crippen LogP contribution in [-0.4, -0.2) is 11.7 Å². The summed E-state index contributed by atoms with van der Waals surface area (Å²) in [5, 5.41) is 0. The van der Waals surface area contributed by atoms with Crippen LogP contribution in [-0.2, 0) is 14.1 Å². The van der Waals surface area contributed by atoms with Crippen molar-refractivity contribution in [3.63, 3.8) is 0 Å². The lowest BCUT2D eigenvalue weighted by molar-refractivity contribution is -0.683. The molecule has 0 atom stereocenters. The summed E-state index contributed by atoms with van der Waals surface area (Å²) in [5.74, 6) is 0.771. The predicted molar refractivity (Wildman–Crippen MR) is 44.0 cm³/mol. The predicted octanol–water partition coefficient (Wildman–Crippen LogP) is -2.41. The summed E-state index contributed by atoms with van der Waals surface area (Å²) in [7, 11) is 5.41. The fourth-order valence-corrected chi connectivity index (χ4v) is 1.04. The number of halogens is 1. The molecule has 0 saturated heterocycles. The average Bonchev–Trinajstić information content (AvgIpc) is 2.01. The number of rotatable bonds is 1. The van der Waals surface area contributed by atoms with Gasteiger partial charge in [0.2, 0.25) is 0 Å². The van der Waals surface area contributed by atoms with Gasteiger partial charge in [-0.1, -0.05) is 0 Å². The Balaban J connectivity index is 0.00000121. The highest BCUT2D eigenvalue weighted by Gasteiger charge is 2.05. The maximum absolute atomic E-state index is 5.09. The first-order valence-corrected chi connectivity index (χ1v) is 3.67. The quantitative estimate of drug-likeness (QED) is 0.327. The fourth-order valence-electron chi connectivity index (χ4n) is 0.887. The van der Waals surface area contributed by atoms with E-state index in [9.17, 15) is 0 Å². The smallest absolute Gasteiger partial charge is 0.353 e. The number of nitrogens with zero attached hydrogens (tertiary/aromatic N) is 2. The number of aromatic nitrogens is 2. The van der Waals surface area contributed by atoms with Gasteiger partial charge in [-0.3, -0.25) is 0 Å². The topological polar surface area (TPSA) is 18.0 Å². The number of hydrogen-bond acceptors (Lipinski definition) is 2. The molecule has 0 spiro atoms. The molecule has 1 aromatic heterocycles. The Hall–Kier alpha value is -0.170. The van der Waals surface area contributed by atoms with Gasteiger partial charge in [-0.15, -0.1) is 0 Å². The Morgan fingerprint density at radius 1 is 1.58 bits per heavy atom. The molecule has 12 heavy (non-hydrogen) atoms. The third kappa shape index (κ3) is 2.16. The van der Waals surface area contributed by atoms with Crippen LogP contribution in [0.2, 0.25) is 0 Å². The minimum absolute atomic E-state index is 0. The van der Waals surface area contributed by atoms with Gasteiger partial charge in [-0.2, -0.15) is 4.57 Å². The monoisotopic (exact) mass is 298 g/mol. The molecule has 0 aliphatic rings. The maximum Gasteiger partial charge on any atom is 0.353 e. The van der Waals surface area contributed by atoms with Crippen molar-refractivity contribution in [3.8, 4) is 5.88 Å². The lowest BCUT2D eigenvalue weighted by atomic mass is 10.6. The van der Waals surface area contributed by atoms with E-state index in [1.54, 1.807) is 7.11 Å². The van der Waals surface area contributed by atoms with E-state index in [1.807, 2.05) is 35.5 Å². The maximum atomic E-state index is 5.09. The molecule has 0 aromatic carbocycles. The Bertz CT molecular complexity index is 324. The van der Waals surface area contributed by atoms with E-state index < -0.39 is 0 Å². The molecule has 1 aromatic rings. The number of aryl methyl sites for hydroxylation is 1. The molecule has 0 radical (unpaired) electrons. The first kappa shape index (κ1) is 11.8. The number of methoxy groups -OCH3 is 1. The molecular formula is C7H11IN2OS. The number of hydrogen-bond donors (Lipinski definition) is 0. The zero-order valence-corrected chi connectivity index (χ0v) is 10.2. The Labute approximate surface area is 94.0 Å². The van der Waals surface area contributed by atoms with Crippen molar-refractivity contribution in [3.05, 3.63) is 17.0 Å². The second kappa shape index (κ2) is 4.76. The normalized spacial score (nSPS) is 8.92. The summed E-state index contributed by atoms with van der Waals surface area (Å²) in [4.78, 5) is 0. The molecule has 0 fully saturated rings. The van der Waals surface area contributed by atoms with Crippen molar-refractivity contribution in [1.82, 2.24) is 4.57 Å². The van der Waals surface area contributed by atoms with Crippen LogP contribution < -0.4 is 33.3 Å². The Kier molecular flexibility index (Phi) is 4.69. The van der Waals surface area contributed by atoms with Gasteiger partial charge in [-0.05, 0) is 0 Å². The summed E-state index contributed by atoms with van der Waals surface area (Å²) in [5.41, 5.74) is 0. The van der Waals surface area contributed by atoms with Gasteiger partial charge in [-0.25, -0.2) is 4.57 Å². The first-order chi connectivity index (χ1) is 5.16. The van der Waals surface area contributed by atoms with Crippen molar-refractivity contribution in [2.75, 3.05) is 7.11 Å². The van der Waals surface area contributed by atoms with E-state index in [4.69, 9.17) is 17.0 Å². The third-order valence-corrected chi connectivity index (χ3v) is 2.13. The zero-order valence-electron chi connectivity index (χ0n) is 7.24. The van der Waals surface area contributed by atoms with Gasteiger partial charge in [0.25, 0.3) is 5.88 Å². The van der Waals surface area contributed by atoms with Crippen molar-refractivity contribution in [1.29, 1.82) is 0 Å². The van der Waals surface area contributed by atoms with Crippen LogP contribution in [0, 0.1) is 4.77 Å². The van der Waals surface area contributed by atoms with E-state index in [1.165, 1.54) is 0 Å². The average molecular weight is 298 g/mol.